The molecule has 0 atom stereocenters. The van der Waals surface area contributed by atoms with Crippen LogP contribution in [0, 0.1) is 0 Å². The van der Waals surface area contributed by atoms with Crippen molar-refractivity contribution in [2.75, 3.05) is 6.54 Å². The zero-order chi connectivity index (χ0) is 16.2. The lowest BCUT2D eigenvalue weighted by Crippen LogP contribution is -2.45. The molecule has 4 aliphatic rings. The van der Waals surface area contributed by atoms with Gasteiger partial charge in [0.25, 0.3) is 0 Å². The molecule has 1 aromatic carbocycles. The van der Waals surface area contributed by atoms with Gasteiger partial charge in [-0.2, -0.15) is 0 Å². The largest absolute Gasteiger partial charge is 0.494 e. The van der Waals surface area contributed by atoms with E-state index in [2.05, 4.69) is 62.9 Å². The topological polar surface area (TPSA) is 21.7 Å². The average molecular weight is 311 g/mol. The molecule has 0 spiro atoms. The van der Waals surface area contributed by atoms with E-state index in [1.165, 1.54) is 18.4 Å². The minimum Gasteiger partial charge on any atom is -0.399 e. The molecule has 2 bridgehead atoms. The second-order valence-corrected chi connectivity index (χ2v) is 8.18. The van der Waals surface area contributed by atoms with Gasteiger partial charge in [0.2, 0.25) is 0 Å². The summed E-state index contributed by atoms with van der Waals surface area (Å²) in [5.41, 5.74) is 3.57. The Morgan fingerprint density at radius 1 is 1.04 bits per heavy atom. The first-order valence-corrected chi connectivity index (χ1v) is 8.70. The molecule has 23 heavy (non-hydrogen) atoms. The summed E-state index contributed by atoms with van der Waals surface area (Å²) in [6, 6.07) is 9.53. The van der Waals surface area contributed by atoms with Gasteiger partial charge >= 0.3 is 7.12 Å². The Morgan fingerprint density at radius 2 is 1.65 bits per heavy atom. The van der Waals surface area contributed by atoms with Crippen LogP contribution in [0.2, 0.25) is 0 Å². The molecule has 1 saturated carbocycles. The molecule has 2 fully saturated rings. The molecule has 0 amide bonds. The van der Waals surface area contributed by atoms with Crippen LogP contribution in [0.5, 0.6) is 0 Å². The zero-order valence-electron chi connectivity index (χ0n) is 14.6. The summed E-state index contributed by atoms with van der Waals surface area (Å²) in [5.74, 6) is 0. The Morgan fingerprint density at radius 3 is 2.17 bits per heavy atom. The molecular formula is C19H26BNO2. The monoisotopic (exact) mass is 311 g/mol. The van der Waals surface area contributed by atoms with E-state index in [0.29, 0.717) is 0 Å². The van der Waals surface area contributed by atoms with Gasteiger partial charge in [0.15, 0.2) is 0 Å². The van der Waals surface area contributed by atoms with E-state index >= 15 is 0 Å². The number of fused-ring (bicyclic) bond motifs is 2. The summed E-state index contributed by atoms with van der Waals surface area (Å²) in [6.07, 6.45) is 4.97. The average Bonchev–Trinajstić information content (AvgIpc) is 2.67. The lowest BCUT2D eigenvalue weighted by molar-refractivity contribution is 0.00578. The molecule has 3 nitrogen and oxygen atoms in total. The van der Waals surface area contributed by atoms with Crippen LogP contribution in [0.15, 0.2) is 35.9 Å². The molecule has 1 aliphatic carbocycles. The zero-order valence-corrected chi connectivity index (χ0v) is 14.6. The molecule has 5 rings (SSSR count). The fourth-order valence-corrected chi connectivity index (χ4v) is 3.55. The first-order chi connectivity index (χ1) is 10.8. The summed E-state index contributed by atoms with van der Waals surface area (Å²) in [5, 5.41) is 0. The molecule has 0 unspecified atom stereocenters. The van der Waals surface area contributed by atoms with Gasteiger partial charge < -0.3 is 9.31 Å². The van der Waals surface area contributed by atoms with Crippen molar-refractivity contribution in [1.29, 1.82) is 0 Å². The van der Waals surface area contributed by atoms with E-state index in [1.807, 2.05) is 0 Å². The van der Waals surface area contributed by atoms with Gasteiger partial charge in [-0.1, -0.05) is 35.9 Å². The minimum atomic E-state index is -0.279. The smallest absolute Gasteiger partial charge is 0.399 e. The van der Waals surface area contributed by atoms with Crippen molar-refractivity contribution >= 4 is 12.6 Å². The molecule has 0 aromatic heterocycles. The molecule has 1 aromatic rings. The Labute approximate surface area is 139 Å². The summed E-state index contributed by atoms with van der Waals surface area (Å²) >= 11 is 0. The number of rotatable bonds is 3. The summed E-state index contributed by atoms with van der Waals surface area (Å²) < 4.78 is 12.2. The van der Waals surface area contributed by atoms with Crippen LogP contribution in [0.25, 0.3) is 0 Å². The fraction of sp³-hybridized carbons (Fsp3) is 0.579. The van der Waals surface area contributed by atoms with Gasteiger partial charge in [0.05, 0.1) is 11.2 Å². The number of benzene rings is 1. The second-order valence-electron chi connectivity index (χ2n) is 8.18. The number of hydrogen-bond donors (Lipinski definition) is 0. The van der Waals surface area contributed by atoms with Gasteiger partial charge in [-0.3, -0.25) is 4.90 Å². The van der Waals surface area contributed by atoms with Crippen molar-refractivity contribution in [2.24, 2.45) is 0 Å². The van der Waals surface area contributed by atoms with Crippen LogP contribution >= 0.6 is 0 Å². The highest BCUT2D eigenvalue weighted by Gasteiger charge is 2.51. The van der Waals surface area contributed by atoms with Crippen LogP contribution in [-0.2, 0) is 15.9 Å². The van der Waals surface area contributed by atoms with E-state index in [0.717, 1.165) is 24.6 Å². The van der Waals surface area contributed by atoms with Gasteiger partial charge in [-0.25, -0.2) is 0 Å². The second kappa shape index (κ2) is 5.20. The van der Waals surface area contributed by atoms with Crippen molar-refractivity contribution in [3.63, 3.8) is 0 Å². The van der Waals surface area contributed by atoms with Gasteiger partial charge in [-0.05, 0) is 51.6 Å². The molecule has 0 radical (unpaired) electrons. The Balaban J connectivity index is 1.43. The molecule has 122 valence electrons. The van der Waals surface area contributed by atoms with E-state index in [-0.39, 0.29) is 18.3 Å². The van der Waals surface area contributed by atoms with Gasteiger partial charge in [0, 0.05) is 19.1 Å². The SMILES string of the molecule is CC1(C)OB(c2ccc(CN3CC=C4CC3C4)cc2)OC1(C)C. The first-order valence-electron chi connectivity index (χ1n) is 8.70. The summed E-state index contributed by atoms with van der Waals surface area (Å²) in [6.45, 7) is 10.5. The van der Waals surface area contributed by atoms with Crippen molar-refractivity contribution in [2.45, 2.75) is 64.3 Å². The van der Waals surface area contributed by atoms with Crippen LogP contribution in [0.1, 0.15) is 46.1 Å². The summed E-state index contributed by atoms with van der Waals surface area (Å²) in [7, 11) is -0.263. The van der Waals surface area contributed by atoms with E-state index < -0.39 is 0 Å². The predicted octanol–water partition coefficient (Wildman–Crippen LogP) is 2.89. The van der Waals surface area contributed by atoms with E-state index in [1.54, 1.807) is 5.57 Å². The molecule has 0 N–H and O–H groups in total. The van der Waals surface area contributed by atoms with Gasteiger partial charge in [-0.15, -0.1) is 0 Å². The third-order valence-corrected chi connectivity index (χ3v) is 6.02. The molecular weight excluding hydrogens is 285 g/mol. The quantitative estimate of drug-likeness (QED) is 0.633. The molecule has 3 aliphatic heterocycles. The van der Waals surface area contributed by atoms with Crippen LogP contribution in [-0.4, -0.2) is 35.8 Å². The fourth-order valence-electron chi connectivity index (χ4n) is 3.55. The Hall–Kier alpha value is -1.10. The standard InChI is InChI=1S/C19H26BNO2/c1-18(2)19(3,4)23-20(22-18)16-7-5-14(6-8-16)13-21-10-9-15-11-17(21)12-15/h5-9,17H,10-13H2,1-4H3. The van der Waals surface area contributed by atoms with E-state index in [4.69, 9.17) is 9.31 Å². The summed E-state index contributed by atoms with van der Waals surface area (Å²) in [4.78, 5) is 2.58. The maximum absolute atomic E-state index is 6.12. The van der Waals surface area contributed by atoms with Crippen molar-refractivity contribution in [1.82, 2.24) is 4.90 Å². The predicted molar refractivity (Wildman–Crippen MR) is 93.7 cm³/mol. The lowest BCUT2D eigenvalue weighted by atomic mass is 9.78. The third-order valence-electron chi connectivity index (χ3n) is 6.02. The van der Waals surface area contributed by atoms with Crippen LogP contribution in [0.3, 0.4) is 0 Å². The maximum Gasteiger partial charge on any atom is 0.494 e. The molecule has 4 heteroatoms. The Kier molecular flexibility index (Phi) is 3.49. The normalized spacial score (nSPS) is 26.1. The lowest BCUT2D eigenvalue weighted by Gasteiger charge is -2.43. The number of hydrogen-bond acceptors (Lipinski definition) is 3. The Bertz CT molecular complexity index is 611. The van der Waals surface area contributed by atoms with Crippen molar-refractivity contribution in [3.05, 3.63) is 41.5 Å². The highest BCUT2D eigenvalue weighted by atomic mass is 16.7. The highest BCUT2D eigenvalue weighted by Crippen LogP contribution is 2.37. The van der Waals surface area contributed by atoms with Crippen molar-refractivity contribution in [3.8, 4) is 0 Å². The number of nitrogens with zero attached hydrogens (tertiary/aromatic N) is 1. The molecule has 3 heterocycles. The molecule has 1 saturated heterocycles. The van der Waals surface area contributed by atoms with Gasteiger partial charge in [0.1, 0.15) is 0 Å². The first kappa shape index (κ1) is 15.4. The van der Waals surface area contributed by atoms with Crippen molar-refractivity contribution < 1.29 is 9.31 Å². The van der Waals surface area contributed by atoms with Crippen LogP contribution < -0.4 is 5.46 Å². The third kappa shape index (κ3) is 2.67. The minimum absolute atomic E-state index is 0.263. The van der Waals surface area contributed by atoms with E-state index in [9.17, 15) is 0 Å². The van der Waals surface area contributed by atoms with Crippen LogP contribution in [0.4, 0.5) is 0 Å². The maximum atomic E-state index is 6.12. The highest BCUT2D eigenvalue weighted by molar-refractivity contribution is 6.62.